The summed E-state index contributed by atoms with van der Waals surface area (Å²) in [6.45, 7) is 2.07. The van der Waals surface area contributed by atoms with Gasteiger partial charge in [-0.05, 0) is 55.8 Å². The third-order valence-corrected chi connectivity index (χ3v) is 9.55. The van der Waals surface area contributed by atoms with Crippen molar-refractivity contribution in [3.8, 4) is 41.2 Å². The number of alkyl halides is 1. The Morgan fingerprint density at radius 1 is 1.18 bits per heavy atom. The second-order valence-corrected chi connectivity index (χ2v) is 12.3. The van der Waals surface area contributed by atoms with Crippen LogP contribution in [0.2, 0.25) is 0 Å². The van der Waals surface area contributed by atoms with Crippen LogP contribution in [0, 0.1) is 24.0 Å². The van der Waals surface area contributed by atoms with Crippen LogP contribution in [0.3, 0.4) is 0 Å². The van der Waals surface area contributed by atoms with E-state index in [4.69, 9.17) is 20.6 Å². The highest BCUT2D eigenvalue weighted by atomic mass is 19.1. The normalized spacial score (nSPS) is 26.0. The van der Waals surface area contributed by atoms with E-state index < -0.39 is 23.3 Å². The molecule has 6 heterocycles. The van der Waals surface area contributed by atoms with Crippen LogP contribution in [-0.2, 0) is 4.74 Å². The molecule has 2 aromatic heterocycles. The number of aromatic hydroxyl groups is 1. The van der Waals surface area contributed by atoms with Gasteiger partial charge in [-0.2, -0.15) is 9.97 Å². The Labute approximate surface area is 256 Å². The molecule has 4 aromatic rings. The van der Waals surface area contributed by atoms with Crippen molar-refractivity contribution in [1.82, 2.24) is 19.9 Å². The number of pyridine rings is 1. The zero-order valence-electron chi connectivity index (χ0n) is 24.3. The number of phenols is 1. The Morgan fingerprint density at radius 2 is 2.07 bits per heavy atom. The number of ether oxygens (including phenoxy) is 3. The molecule has 0 aliphatic carbocycles. The summed E-state index contributed by atoms with van der Waals surface area (Å²) in [5.74, 6) is 0.979. The molecule has 0 saturated carbocycles. The predicted molar refractivity (Wildman–Crippen MR) is 160 cm³/mol. The summed E-state index contributed by atoms with van der Waals surface area (Å²) in [7, 11) is 0. The molecule has 0 spiro atoms. The molecule has 0 amide bonds. The molecule has 12 heteroatoms. The van der Waals surface area contributed by atoms with E-state index in [1.54, 1.807) is 0 Å². The summed E-state index contributed by atoms with van der Waals surface area (Å²) in [6.07, 6.45) is 8.36. The molecule has 45 heavy (non-hydrogen) atoms. The Balaban J connectivity index is 1.30. The number of benzene rings is 2. The lowest BCUT2D eigenvalue weighted by Crippen LogP contribution is -2.43. The average Bonchev–Trinajstić information content (AvgIpc) is 3.73. The van der Waals surface area contributed by atoms with E-state index in [-0.39, 0.29) is 81.9 Å². The number of nitrogens with zero attached hydrogens (tertiary/aromatic N) is 4. The van der Waals surface area contributed by atoms with Crippen molar-refractivity contribution < 1.29 is 32.5 Å². The molecule has 0 radical (unpaired) electrons. The number of fused-ring (bicyclic) bond motifs is 2. The van der Waals surface area contributed by atoms with Gasteiger partial charge in [-0.3, -0.25) is 4.90 Å². The fraction of sp³-hybridized carbons (Fsp3) is 0.424. The van der Waals surface area contributed by atoms with Gasteiger partial charge < -0.3 is 24.6 Å². The zero-order chi connectivity index (χ0) is 30.9. The van der Waals surface area contributed by atoms with E-state index >= 15 is 4.39 Å². The lowest BCUT2D eigenvalue weighted by molar-refractivity contribution is 0.0799. The Morgan fingerprint density at radius 3 is 2.89 bits per heavy atom. The summed E-state index contributed by atoms with van der Waals surface area (Å²) in [4.78, 5) is 15.8. The minimum atomic E-state index is -0.939. The minimum absolute atomic E-state index is 0.0581. The van der Waals surface area contributed by atoms with E-state index in [2.05, 4.69) is 31.1 Å². The quantitative estimate of drug-likeness (QED) is 0.296. The number of terminal acetylenes is 1. The molecule has 3 fully saturated rings. The third kappa shape index (κ3) is 4.59. The van der Waals surface area contributed by atoms with E-state index in [0.29, 0.717) is 25.0 Å². The number of nitrogens with one attached hydrogen (secondary N) is 1. The molecule has 3 saturated heterocycles. The lowest BCUT2D eigenvalue weighted by atomic mass is 9.95. The predicted octanol–water partition coefficient (Wildman–Crippen LogP) is 5.12. The zero-order valence-corrected chi connectivity index (χ0v) is 24.3. The van der Waals surface area contributed by atoms with Crippen LogP contribution in [0.5, 0.6) is 17.6 Å². The molecule has 8 rings (SSSR count). The van der Waals surface area contributed by atoms with Gasteiger partial charge >= 0.3 is 6.01 Å². The molecule has 4 atom stereocenters. The van der Waals surface area contributed by atoms with Crippen molar-refractivity contribution in [3.05, 3.63) is 41.5 Å². The van der Waals surface area contributed by atoms with Crippen LogP contribution >= 0.6 is 0 Å². The van der Waals surface area contributed by atoms with Crippen LogP contribution in [-0.4, -0.2) is 81.7 Å². The first-order valence-corrected chi connectivity index (χ1v) is 15.2. The van der Waals surface area contributed by atoms with E-state index in [1.807, 2.05) is 0 Å². The van der Waals surface area contributed by atoms with Crippen LogP contribution in [0.15, 0.2) is 24.3 Å². The third-order valence-electron chi connectivity index (χ3n) is 9.55. The Kier molecular flexibility index (Phi) is 6.65. The topological polar surface area (TPSA) is 102 Å². The summed E-state index contributed by atoms with van der Waals surface area (Å²) in [5.41, 5.74) is -0.852. The van der Waals surface area contributed by atoms with Crippen molar-refractivity contribution in [1.29, 1.82) is 0 Å². The maximum absolute atomic E-state index is 16.8. The molecule has 1 unspecified atom stereocenters. The smallest absolute Gasteiger partial charge is 0.319 e. The second kappa shape index (κ2) is 10.6. The lowest BCUT2D eigenvalue weighted by Gasteiger charge is -2.30. The molecule has 232 valence electrons. The number of rotatable bonds is 5. The SMILES string of the molecule is C#Cc1c(F)ccc2cc(O)cc(-c3nc4c5c(nc(OC[C@@]67CCCN6C[C@H](F)C7)nc5c3F)N[C@@H](C3CCCO3)CO4)c12. The van der Waals surface area contributed by atoms with Gasteiger partial charge in [-0.15, -0.1) is 6.42 Å². The van der Waals surface area contributed by atoms with Crippen LogP contribution in [0.1, 0.15) is 37.7 Å². The number of hydrogen-bond donors (Lipinski definition) is 2. The van der Waals surface area contributed by atoms with Crippen molar-refractivity contribution >= 4 is 27.5 Å². The van der Waals surface area contributed by atoms with Gasteiger partial charge in [0.2, 0.25) is 5.88 Å². The maximum Gasteiger partial charge on any atom is 0.319 e. The van der Waals surface area contributed by atoms with Crippen molar-refractivity contribution in [2.75, 3.05) is 38.2 Å². The van der Waals surface area contributed by atoms with Crippen molar-refractivity contribution in [2.45, 2.75) is 56.0 Å². The average molecular weight is 618 g/mol. The van der Waals surface area contributed by atoms with Gasteiger partial charge in [-0.1, -0.05) is 12.0 Å². The fourth-order valence-corrected chi connectivity index (χ4v) is 7.48. The Bertz CT molecular complexity index is 1900. The monoisotopic (exact) mass is 617 g/mol. The molecule has 0 bridgehead atoms. The molecule has 4 aliphatic rings. The molecule has 9 nitrogen and oxygen atoms in total. The van der Waals surface area contributed by atoms with Gasteiger partial charge in [0.25, 0.3) is 0 Å². The molecule has 4 aliphatic heterocycles. The van der Waals surface area contributed by atoms with E-state index in [1.165, 1.54) is 24.3 Å². The van der Waals surface area contributed by atoms with Crippen molar-refractivity contribution in [3.63, 3.8) is 0 Å². The Hall–Kier alpha value is -4.34. The summed E-state index contributed by atoms with van der Waals surface area (Å²) in [5, 5.41) is 14.8. The number of aromatic nitrogens is 3. The summed E-state index contributed by atoms with van der Waals surface area (Å²) >= 11 is 0. The second-order valence-electron chi connectivity index (χ2n) is 12.3. The summed E-state index contributed by atoms with van der Waals surface area (Å²) < 4.78 is 64.3. The van der Waals surface area contributed by atoms with Gasteiger partial charge in [0, 0.05) is 30.5 Å². The highest BCUT2D eigenvalue weighted by Crippen LogP contribution is 2.44. The molecule has 2 aromatic carbocycles. The van der Waals surface area contributed by atoms with E-state index in [9.17, 15) is 13.9 Å². The van der Waals surface area contributed by atoms with E-state index in [0.717, 1.165) is 32.2 Å². The van der Waals surface area contributed by atoms with Crippen LogP contribution < -0.4 is 14.8 Å². The number of phenolic OH excluding ortho intramolecular Hbond substituents is 1. The first kappa shape index (κ1) is 28.2. The summed E-state index contributed by atoms with van der Waals surface area (Å²) in [6, 6.07) is 4.95. The van der Waals surface area contributed by atoms with Crippen LogP contribution in [0.4, 0.5) is 19.0 Å². The highest BCUT2D eigenvalue weighted by Gasteiger charge is 2.49. The molecule has 2 N–H and O–H groups in total. The van der Waals surface area contributed by atoms with Gasteiger partial charge in [0.1, 0.15) is 53.4 Å². The first-order valence-electron chi connectivity index (χ1n) is 15.2. The fourth-order valence-electron chi connectivity index (χ4n) is 7.48. The first-order chi connectivity index (χ1) is 21.8. The molecular formula is C33H30F3N5O4. The minimum Gasteiger partial charge on any atom is -0.508 e. The molecular weight excluding hydrogens is 587 g/mol. The maximum atomic E-state index is 16.8. The van der Waals surface area contributed by atoms with Gasteiger partial charge in [0.05, 0.1) is 23.2 Å². The standard InChI is InChI=1S/C33H30F3N5O4/c1-2-20-22(35)7-6-17-11-19(42)12-21(25(17)20)28-27(36)29-26-30(37-23(15-44-31(26)38-28)24-5-3-10-43-24)40-32(39-29)45-16-33-8-4-9-41(33)14-18(34)13-33/h1,6-7,11-12,18,23-24,42H,3-5,8-10,13-16H2,(H,37,39,40)/t18-,23-,24?,33+/m1/s1. The highest BCUT2D eigenvalue weighted by molar-refractivity contribution is 6.04. The van der Waals surface area contributed by atoms with Gasteiger partial charge in [-0.25, -0.2) is 18.2 Å². The van der Waals surface area contributed by atoms with Gasteiger partial charge in [0.15, 0.2) is 5.82 Å². The number of halogens is 3. The largest absolute Gasteiger partial charge is 0.508 e. The number of anilines is 1. The van der Waals surface area contributed by atoms with Crippen LogP contribution in [0.25, 0.3) is 32.9 Å². The van der Waals surface area contributed by atoms with Crippen molar-refractivity contribution in [2.24, 2.45) is 0 Å². The number of hydrogen-bond acceptors (Lipinski definition) is 9.